The molecule has 17 heavy (non-hydrogen) atoms. The maximum atomic E-state index is 11.1. The molecule has 1 aliphatic rings. The van der Waals surface area contributed by atoms with Crippen LogP contribution in [0.1, 0.15) is 18.0 Å². The Morgan fingerprint density at radius 3 is 2.71 bits per heavy atom. The molecule has 1 fully saturated rings. The van der Waals surface area contributed by atoms with E-state index in [1.165, 1.54) is 12.1 Å². The van der Waals surface area contributed by atoms with E-state index in [4.69, 9.17) is 27.9 Å². The van der Waals surface area contributed by atoms with Crippen LogP contribution in [0.4, 0.5) is 4.79 Å². The molecule has 1 aliphatic heterocycles. The van der Waals surface area contributed by atoms with Gasteiger partial charge in [0.25, 0.3) is 0 Å². The van der Waals surface area contributed by atoms with Crippen LogP contribution in [0.3, 0.4) is 0 Å². The maximum Gasteiger partial charge on any atom is 0.407 e. The minimum Gasteiger partial charge on any atom is -0.507 e. The minimum absolute atomic E-state index is 0. The molecule has 94 valence electrons. The number of carbonyl (C=O) groups excluding carboxylic acids is 1. The van der Waals surface area contributed by atoms with Gasteiger partial charge in [-0.05, 0) is 12.1 Å². The highest BCUT2D eigenvalue weighted by Crippen LogP contribution is 2.36. The lowest BCUT2D eigenvalue weighted by molar-refractivity contribution is 0.115. The molecule has 0 spiro atoms. The van der Waals surface area contributed by atoms with Gasteiger partial charge in [-0.1, -0.05) is 23.2 Å². The summed E-state index contributed by atoms with van der Waals surface area (Å²) in [6.07, 6.45) is 0.0439. The van der Waals surface area contributed by atoms with Crippen LogP contribution in [0.2, 0.25) is 10.0 Å². The standard InChI is InChI=1S/C10H9Cl2NO3.ClH/c11-5-3-6(12)9(8(14)4-5)7-1-2-16-10(15)13-7;/h3-4,7,14H,1-2H2,(H,13,15);1H/t7-;/m0./s1. The van der Waals surface area contributed by atoms with Crippen molar-refractivity contribution in [1.29, 1.82) is 0 Å². The molecule has 1 amide bonds. The maximum absolute atomic E-state index is 11.1. The molecule has 2 N–H and O–H groups in total. The third kappa shape index (κ3) is 3.09. The summed E-state index contributed by atoms with van der Waals surface area (Å²) >= 11 is 11.7. The number of cyclic esters (lactones) is 1. The topological polar surface area (TPSA) is 58.6 Å². The average molecular weight is 299 g/mol. The molecule has 0 aromatic heterocycles. The Kier molecular flexibility index (Phi) is 4.74. The van der Waals surface area contributed by atoms with Gasteiger partial charge in [-0.15, -0.1) is 12.4 Å². The molecule has 1 aromatic carbocycles. The number of ether oxygens (including phenoxy) is 1. The zero-order valence-electron chi connectivity index (χ0n) is 8.57. The first-order valence-corrected chi connectivity index (χ1v) is 5.44. The van der Waals surface area contributed by atoms with Gasteiger partial charge in [-0.25, -0.2) is 4.79 Å². The molecule has 0 aliphatic carbocycles. The number of halogens is 3. The first-order chi connectivity index (χ1) is 7.58. The number of alkyl carbamates (subject to hydrolysis) is 1. The number of phenolic OH excluding ortho intramolecular Hbond substituents is 1. The van der Waals surface area contributed by atoms with Gasteiger partial charge < -0.3 is 15.2 Å². The van der Waals surface area contributed by atoms with E-state index in [2.05, 4.69) is 5.32 Å². The molecular formula is C10H10Cl3NO3. The van der Waals surface area contributed by atoms with Gasteiger partial charge in [0.15, 0.2) is 0 Å². The first kappa shape index (κ1) is 14.2. The molecule has 1 atom stereocenters. The molecule has 7 heteroatoms. The second-order valence-corrected chi connectivity index (χ2v) is 4.29. The molecule has 0 bridgehead atoms. The molecule has 0 unspecified atom stereocenters. The molecular weight excluding hydrogens is 288 g/mol. The lowest BCUT2D eigenvalue weighted by Crippen LogP contribution is -2.35. The van der Waals surface area contributed by atoms with Gasteiger partial charge in [0, 0.05) is 17.0 Å². The van der Waals surface area contributed by atoms with Crippen LogP contribution in [0.25, 0.3) is 0 Å². The quantitative estimate of drug-likeness (QED) is 0.836. The van der Waals surface area contributed by atoms with Crippen molar-refractivity contribution >= 4 is 41.7 Å². The Morgan fingerprint density at radius 2 is 2.12 bits per heavy atom. The summed E-state index contributed by atoms with van der Waals surface area (Å²) in [6.45, 7) is 0.300. The normalized spacial score (nSPS) is 18.9. The van der Waals surface area contributed by atoms with Gasteiger partial charge in [0.2, 0.25) is 0 Å². The summed E-state index contributed by atoms with van der Waals surface area (Å²) in [6, 6.07) is 2.58. The Balaban J connectivity index is 0.00000144. The van der Waals surface area contributed by atoms with E-state index in [0.29, 0.717) is 28.6 Å². The molecule has 1 heterocycles. The first-order valence-electron chi connectivity index (χ1n) is 4.69. The zero-order valence-corrected chi connectivity index (χ0v) is 10.9. The summed E-state index contributed by atoms with van der Waals surface area (Å²) in [5.74, 6) is -0.0234. The monoisotopic (exact) mass is 297 g/mol. The Hall–Kier alpha value is -0.840. The second kappa shape index (κ2) is 5.67. The summed E-state index contributed by atoms with van der Waals surface area (Å²) < 4.78 is 4.73. The largest absolute Gasteiger partial charge is 0.507 e. The number of amides is 1. The number of aromatic hydroxyl groups is 1. The Labute approximate surface area is 114 Å². The highest BCUT2D eigenvalue weighted by atomic mass is 35.5. The van der Waals surface area contributed by atoms with E-state index in [1.807, 2.05) is 0 Å². The van der Waals surface area contributed by atoms with Crippen LogP contribution in [-0.2, 0) is 4.74 Å². The lowest BCUT2D eigenvalue weighted by atomic mass is 10.0. The highest BCUT2D eigenvalue weighted by molar-refractivity contribution is 6.35. The molecule has 0 saturated carbocycles. The van der Waals surface area contributed by atoms with E-state index in [0.717, 1.165) is 0 Å². The number of carbonyl (C=O) groups is 1. The fraction of sp³-hybridized carbons (Fsp3) is 0.300. The lowest BCUT2D eigenvalue weighted by Gasteiger charge is -2.25. The van der Waals surface area contributed by atoms with Crippen molar-refractivity contribution in [3.63, 3.8) is 0 Å². The van der Waals surface area contributed by atoms with Gasteiger partial charge in [-0.2, -0.15) is 0 Å². The van der Waals surface area contributed by atoms with Crippen LogP contribution >= 0.6 is 35.6 Å². The zero-order chi connectivity index (χ0) is 11.7. The number of hydrogen-bond donors (Lipinski definition) is 2. The SMILES string of the molecule is Cl.O=C1N[C@H](c2c(O)cc(Cl)cc2Cl)CCO1. The van der Waals surface area contributed by atoms with Gasteiger partial charge in [0.1, 0.15) is 5.75 Å². The smallest absolute Gasteiger partial charge is 0.407 e. The number of hydrogen-bond acceptors (Lipinski definition) is 3. The number of phenols is 1. The van der Waals surface area contributed by atoms with Crippen molar-refractivity contribution < 1.29 is 14.6 Å². The van der Waals surface area contributed by atoms with E-state index >= 15 is 0 Å². The van der Waals surface area contributed by atoms with Crippen molar-refractivity contribution in [2.75, 3.05) is 6.61 Å². The minimum atomic E-state index is -0.512. The molecule has 1 saturated heterocycles. The average Bonchev–Trinajstić information content (AvgIpc) is 2.15. The molecule has 1 aromatic rings. The summed E-state index contributed by atoms with van der Waals surface area (Å²) in [5, 5.41) is 13.0. The van der Waals surface area contributed by atoms with E-state index in [-0.39, 0.29) is 24.2 Å². The number of benzene rings is 1. The summed E-state index contributed by atoms with van der Waals surface area (Å²) in [7, 11) is 0. The van der Waals surface area contributed by atoms with Crippen LogP contribution in [0, 0.1) is 0 Å². The summed E-state index contributed by atoms with van der Waals surface area (Å²) in [5.41, 5.74) is 0.475. The second-order valence-electron chi connectivity index (χ2n) is 3.44. The number of nitrogens with one attached hydrogen (secondary N) is 1. The van der Waals surface area contributed by atoms with Gasteiger partial charge >= 0.3 is 6.09 Å². The predicted octanol–water partition coefficient (Wildman–Crippen LogP) is 3.29. The highest BCUT2D eigenvalue weighted by Gasteiger charge is 2.25. The van der Waals surface area contributed by atoms with E-state index in [1.54, 1.807) is 0 Å². The number of rotatable bonds is 1. The summed E-state index contributed by atoms with van der Waals surface area (Å²) in [4.78, 5) is 11.1. The van der Waals surface area contributed by atoms with Crippen molar-refractivity contribution in [2.45, 2.75) is 12.5 Å². The Morgan fingerprint density at radius 1 is 1.41 bits per heavy atom. The predicted molar refractivity (Wildman–Crippen MR) is 67.2 cm³/mol. The van der Waals surface area contributed by atoms with Crippen molar-refractivity contribution in [3.05, 3.63) is 27.7 Å². The van der Waals surface area contributed by atoms with Crippen LogP contribution < -0.4 is 5.32 Å². The fourth-order valence-corrected chi connectivity index (χ4v) is 2.27. The van der Waals surface area contributed by atoms with Gasteiger partial charge in [0.05, 0.1) is 17.7 Å². The van der Waals surface area contributed by atoms with Crippen LogP contribution in [0.5, 0.6) is 5.75 Å². The molecule has 4 nitrogen and oxygen atoms in total. The fourth-order valence-electron chi connectivity index (χ4n) is 1.66. The van der Waals surface area contributed by atoms with E-state index in [9.17, 15) is 9.90 Å². The van der Waals surface area contributed by atoms with Crippen molar-refractivity contribution in [2.24, 2.45) is 0 Å². The van der Waals surface area contributed by atoms with E-state index < -0.39 is 6.09 Å². The Bertz CT molecular complexity index is 416. The third-order valence-electron chi connectivity index (χ3n) is 2.35. The van der Waals surface area contributed by atoms with Crippen molar-refractivity contribution in [1.82, 2.24) is 5.32 Å². The molecule has 0 radical (unpaired) electrons. The third-order valence-corrected chi connectivity index (χ3v) is 2.88. The molecule has 2 rings (SSSR count). The van der Waals surface area contributed by atoms with Crippen molar-refractivity contribution in [3.8, 4) is 5.75 Å². The van der Waals surface area contributed by atoms with Crippen LogP contribution in [-0.4, -0.2) is 17.8 Å². The van der Waals surface area contributed by atoms with Gasteiger partial charge in [-0.3, -0.25) is 0 Å². The van der Waals surface area contributed by atoms with Crippen LogP contribution in [0.15, 0.2) is 12.1 Å².